The van der Waals surface area contributed by atoms with Crippen molar-refractivity contribution in [2.75, 3.05) is 13.1 Å². The van der Waals surface area contributed by atoms with Crippen molar-refractivity contribution in [2.24, 2.45) is 0 Å². The molecule has 0 amide bonds. The Hall–Kier alpha value is -1.31. The SMILES string of the molecule is C#CCN(CCC)Cc1cc(CNC(C)C)no1. The zero-order chi connectivity index (χ0) is 13.4. The summed E-state index contributed by atoms with van der Waals surface area (Å²) >= 11 is 0. The van der Waals surface area contributed by atoms with Gasteiger partial charge in [-0.2, -0.15) is 0 Å². The molecule has 0 saturated carbocycles. The van der Waals surface area contributed by atoms with Crippen LogP contribution in [0.5, 0.6) is 0 Å². The summed E-state index contributed by atoms with van der Waals surface area (Å²) in [5.74, 6) is 3.55. The van der Waals surface area contributed by atoms with Gasteiger partial charge in [-0.05, 0) is 13.0 Å². The van der Waals surface area contributed by atoms with Crippen LogP contribution in [0.15, 0.2) is 10.6 Å². The Morgan fingerprint density at radius 1 is 1.56 bits per heavy atom. The highest BCUT2D eigenvalue weighted by Crippen LogP contribution is 2.08. The lowest BCUT2D eigenvalue weighted by molar-refractivity contribution is 0.254. The van der Waals surface area contributed by atoms with E-state index in [1.165, 1.54) is 0 Å². The molecule has 0 aromatic carbocycles. The average molecular weight is 249 g/mol. The monoisotopic (exact) mass is 249 g/mol. The molecule has 1 rings (SSSR count). The van der Waals surface area contributed by atoms with Gasteiger partial charge >= 0.3 is 0 Å². The van der Waals surface area contributed by atoms with Crippen molar-refractivity contribution in [3.8, 4) is 12.3 Å². The molecule has 1 aromatic heterocycles. The smallest absolute Gasteiger partial charge is 0.151 e. The van der Waals surface area contributed by atoms with Gasteiger partial charge in [0.1, 0.15) is 0 Å². The molecular formula is C14H23N3O. The summed E-state index contributed by atoms with van der Waals surface area (Å²) in [5, 5.41) is 7.36. The number of nitrogens with one attached hydrogen (secondary N) is 1. The van der Waals surface area contributed by atoms with E-state index in [-0.39, 0.29) is 0 Å². The quantitative estimate of drug-likeness (QED) is 0.716. The number of hydrogen-bond acceptors (Lipinski definition) is 4. The number of terminal acetylenes is 1. The van der Waals surface area contributed by atoms with Gasteiger partial charge in [-0.1, -0.05) is 31.8 Å². The van der Waals surface area contributed by atoms with Crippen molar-refractivity contribution in [3.63, 3.8) is 0 Å². The van der Waals surface area contributed by atoms with Crippen LogP contribution in [0.1, 0.15) is 38.6 Å². The molecule has 0 aliphatic carbocycles. The topological polar surface area (TPSA) is 41.3 Å². The van der Waals surface area contributed by atoms with Gasteiger partial charge in [0.2, 0.25) is 0 Å². The minimum absolute atomic E-state index is 0.447. The lowest BCUT2D eigenvalue weighted by atomic mass is 10.3. The first-order valence-electron chi connectivity index (χ1n) is 6.49. The average Bonchev–Trinajstić information content (AvgIpc) is 2.75. The summed E-state index contributed by atoms with van der Waals surface area (Å²) in [6.07, 6.45) is 6.43. The maximum Gasteiger partial charge on any atom is 0.151 e. The van der Waals surface area contributed by atoms with E-state index in [4.69, 9.17) is 10.9 Å². The molecular weight excluding hydrogens is 226 g/mol. The van der Waals surface area contributed by atoms with Crippen LogP contribution in [0, 0.1) is 12.3 Å². The molecule has 100 valence electrons. The Kier molecular flexibility index (Phi) is 6.48. The van der Waals surface area contributed by atoms with E-state index >= 15 is 0 Å². The van der Waals surface area contributed by atoms with E-state index in [1.54, 1.807) is 0 Å². The van der Waals surface area contributed by atoms with Crippen LogP contribution in [0.3, 0.4) is 0 Å². The first-order chi connectivity index (χ1) is 8.65. The molecule has 1 heterocycles. The molecule has 0 aliphatic heterocycles. The summed E-state index contributed by atoms with van der Waals surface area (Å²) in [4.78, 5) is 2.18. The number of nitrogens with zero attached hydrogens (tertiary/aromatic N) is 2. The van der Waals surface area contributed by atoms with Gasteiger partial charge in [-0.3, -0.25) is 4.90 Å². The first-order valence-corrected chi connectivity index (χ1v) is 6.49. The van der Waals surface area contributed by atoms with Gasteiger partial charge in [0.15, 0.2) is 5.76 Å². The van der Waals surface area contributed by atoms with Gasteiger partial charge in [0.05, 0.1) is 18.8 Å². The second kappa shape index (κ2) is 7.91. The third kappa shape index (κ3) is 5.35. The van der Waals surface area contributed by atoms with E-state index in [9.17, 15) is 0 Å². The molecule has 1 aromatic rings. The minimum atomic E-state index is 0.447. The van der Waals surface area contributed by atoms with Crippen molar-refractivity contribution >= 4 is 0 Å². The predicted octanol–water partition coefficient (Wildman–Crippen LogP) is 2.02. The Bertz CT molecular complexity index is 379. The van der Waals surface area contributed by atoms with Crippen LogP contribution >= 0.6 is 0 Å². The van der Waals surface area contributed by atoms with E-state index in [0.29, 0.717) is 12.6 Å². The van der Waals surface area contributed by atoms with Crippen molar-refractivity contribution in [1.29, 1.82) is 0 Å². The molecule has 0 bridgehead atoms. The van der Waals surface area contributed by atoms with E-state index in [1.807, 2.05) is 6.07 Å². The number of hydrogen-bond donors (Lipinski definition) is 1. The number of aromatic nitrogens is 1. The highest BCUT2D eigenvalue weighted by Gasteiger charge is 2.09. The molecule has 1 N–H and O–H groups in total. The molecule has 4 nitrogen and oxygen atoms in total. The maximum absolute atomic E-state index is 5.35. The summed E-state index contributed by atoms with van der Waals surface area (Å²) < 4.78 is 5.32. The molecule has 0 fully saturated rings. The summed E-state index contributed by atoms with van der Waals surface area (Å²) in [5.41, 5.74) is 0.941. The van der Waals surface area contributed by atoms with E-state index in [2.05, 4.69) is 42.1 Å². The van der Waals surface area contributed by atoms with Crippen LogP contribution < -0.4 is 5.32 Å². The third-order valence-electron chi connectivity index (χ3n) is 2.53. The van der Waals surface area contributed by atoms with Crippen LogP contribution in [0.25, 0.3) is 0 Å². The highest BCUT2D eigenvalue weighted by molar-refractivity contribution is 5.05. The van der Waals surface area contributed by atoms with Crippen molar-refractivity contribution in [1.82, 2.24) is 15.4 Å². The van der Waals surface area contributed by atoms with Crippen molar-refractivity contribution < 1.29 is 4.52 Å². The fraction of sp³-hybridized carbons (Fsp3) is 0.643. The van der Waals surface area contributed by atoms with E-state index in [0.717, 1.165) is 37.5 Å². The van der Waals surface area contributed by atoms with Gasteiger partial charge in [-0.25, -0.2) is 0 Å². The Labute approximate surface area is 110 Å². The zero-order valence-corrected chi connectivity index (χ0v) is 11.6. The minimum Gasteiger partial charge on any atom is -0.360 e. The second-order valence-electron chi connectivity index (χ2n) is 4.73. The van der Waals surface area contributed by atoms with Crippen LogP contribution in [-0.2, 0) is 13.1 Å². The molecule has 0 saturated heterocycles. The Morgan fingerprint density at radius 2 is 2.33 bits per heavy atom. The fourth-order valence-electron chi connectivity index (χ4n) is 1.70. The first kappa shape index (κ1) is 14.7. The van der Waals surface area contributed by atoms with Gasteiger partial charge in [0.25, 0.3) is 0 Å². The van der Waals surface area contributed by atoms with Crippen LogP contribution in [0.2, 0.25) is 0 Å². The zero-order valence-electron chi connectivity index (χ0n) is 11.6. The van der Waals surface area contributed by atoms with Gasteiger partial charge in [0, 0.05) is 18.7 Å². The Morgan fingerprint density at radius 3 is 2.94 bits per heavy atom. The summed E-state index contributed by atoms with van der Waals surface area (Å²) in [7, 11) is 0. The molecule has 0 unspecified atom stereocenters. The van der Waals surface area contributed by atoms with Gasteiger partial charge in [-0.15, -0.1) is 6.42 Å². The molecule has 0 radical (unpaired) electrons. The van der Waals surface area contributed by atoms with Gasteiger partial charge < -0.3 is 9.84 Å². The molecule has 0 aliphatic rings. The van der Waals surface area contributed by atoms with Crippen molar-refractivity contribution in [3.05, 3.63) is 17.5 Å². The van der Waals surface area contributed by atoms with Crippen molar-refractivity contribution in [2.45, 2.75) is 46.3 Å². The fourth-order valence-corrected chi connectivity index (χ4v) is 1.70. The lowest BCUT2D eigenvalue weighted by Crippen LogP contribution is -2.24. The maximum atomic E-state index is 5.35. The summed E-state index contributed by atoms with van der Waals surface area (Å²) in [6.45, 7) is 9.45. The molecule has 18 heavy (non-hydrogen) atoms. The standard InChI is InChI=1S/C14H23N3O/c1-5-7-17(8-6-2)11-14-9-13(16-18-14)10-15-12(3)4/h1,9,12,15H,6-8,10-11H2,2-4H3. The summed E-state index contributed by atoms with van der Waals surface area (Å²) in [6, 6.07) is 2.44. The van der Waals surface area contributed by atoms with E-state index < -0.39 is 0 Å². The molecule has 4 heteroatoms. The lowest BCUT2D eigenvalue weighted by Gasteiger charge is -2.16. The Balaban J connectivity index is 2.48. The largest absolute Gasteiger partial charge is 0.360 e. The van der Waals surface area contributed by atoms with Crippen LogP contribution in [0.4, 0.5) is 0 Å². The molecule has 0 spiro atoms. The highest BCUT2D eigenvalue weighted by atomic mass is 16.5. The normalized spacial score (nSPS) is 11.1. The van der Waals surface area contributed by atoms with Crippen LogP contribution in [-0.4, -0.2) is 29.2 Å². The predicted molar refractivity (Wildman–Crippen MR) is 72.9 cm³/mol. The molecule has 0 atom stereocenters. The second-order valence-corrected chi connectivity index (χ2v) is 4.73. The number of rotatable bonds is 8. The third-order valence-corrected chi connectivity index (χ3v) is 2.53.